The average molecular weight is 258 g/mol. The van der Waals surface area contributed by atoms with Crippen LogP contribution in [0.25, 0.3) is 11.0 Å². The van der Waals surface area contributed by atoms with Gasteiger partial charge in [-0.15, -0.1) is 0 Å². The van der Waals surface area contributed by atoms with Crippen molar-refractivity contribution in [2.75, 3.05) is 0 Å². The van der Waals surface area contributed by atoms with E-state index in [-0.39, 0.29) is 5.54 Å². The van der Waals surface area contributed by atoms with Gasteiger partial charge in [0.2, 0.25) is 0 Å². The Morgan fingerprint density at radius 3 is 2.63 bits per heavy atom. The van der Waals surface area contributed by atoms with Crippen LogP contribution < -0.4 is 0 Å². The van der Waals surface area contributed by atoms with Crippen LogP contribution in [0.5, 0.6) is 0 Å². The molecule has 1 aliphatic carbocycles. The molecule has 19 heavy (non-hydrogen) atoms. The molecule has 0 radical (unpaired) electrons. The van der Waals surface area contributed by atoms with E-state index in [1.165, 1.54) is 12.8 Å². The van der Waals surface area contributed by atoms with Crippen molar-refractivity contribution in [1.82, 2.24) is 9.55 Å². The molecule has 1 N–H and O–H groups in total. The lowest BCUT2D eigenvalue weighted by Crippen LogP contribution is -2.16. The Hall–Kier alpha value is -1.84. The highest BCUT2D eigenvalue weighted by molar-refractivity contribution is 5.92. The number of hydrogen-bond acceptors (Lipinski definition) is 2. The van der Waals surface area contributed by atoms with Gasteiger partial charge in [0.25, 0.3) is 0 Å². The van der Waals surface area contributed by atoms with Crippen molar-refractivity contribution in [2.45, 2.75) is 45.1 Å². The molecule has 100 valence electrons. The Bertz CT molecular complexity index is 666. The van der Waals surface area contributed by atoms with Gasteiger partial charge in [-0.2, -0.15) is 0 Å². The molecular formula is C15H18N2O2. The lowest BCUT2D eigenvalue weighted by Gasteiger charge is -2.18. The maximum Gasteiger partial charge on any atom is 0.335 e. The molecule has 0 spiro atoms. The SMILES string of the molecule is CC(C)c1nc2cc(C(=O)O)ccc2n1C1(C)CC1. The largest absolute Gasteiger partial charge is 0.478 e. The van der Waals surface area contributed by atoms with Crippen LogP contribution in [0.15, 0.2) is 18.2 Å². The van der Waals surface area contributed by atoms with Gasteiger partial charge in [-0.3, -0.25) is 0 Å². The smallest absolute Gasteiger partial charge is 0.335 e. The van der Waals surface area contributed by atoms with E-state index in [9.17, 15) is 4.79 Å². The summed E-state index contributed by atoms with van der Waals surface area (Å²) in [6.07, 6.45) is 2.33. The van der Waals surface area contributed by atoms with Gasteiger partial charge in [-0.1, -0.05) is 13.8 Å². The minimum Gasteiger partial charge on any atom is -0.478 e. The average Bonchev–Trinajstić information content (AvgIpc) is 2.96. The quantitative estimate of drug-likeness (QED) is 0.918. The number of hydrogen-bond donors (Lipinski definition) is 1. The number of carbonyl (C=O) groups is 1. The monoisotopic (exact) mass is 258 g/mol. The zero-order chi connectivity index (χ0) is 13.8. The van der Waals surface area contributed by atoms with E-state index in [0.29, 0.717) is 11.5 Å². The minimum atomic E-state index is -0.903. The van der Waals surface area contributed by atoms with Crippen LogP contribution >= 0.6 is 0 Å². The molecule has 0 bridgehead atoms. The molecule has 0 amide bonds. The van der Waals surface area contributed by atoms with Crippen LogP contribution in [0.3, 0.4) is 0 Å². The Balaban J connectivity index is 2.27. The highest BCUT2D eigenvalue weighted by Gasteiger charge is 2.42. The maximum absolute atomic E-state index is 11.0. The standard InChI is InChI=1S/C15H18N2O2/c1-9(2)13-16-11-8-10(14(18)19)4-5-12(11)17(13)15(3)6-7-15/h4-5,8-9H,6-7H2,1-3H3,(H,18,19). The predicted molar refractivity (Wildman–Crippen MR) is 73.7 cm³/mol. The van der Waals surface area contributed by atoms with Gasteiger partial charge < -0.3 is 9.67 Å². The Morgan fingerprint density at radius 2 is 2.11 bits per heavy atom. The Kier molecular flexibility index (Phi) is 2.46. The number of carboxylic acids is 1. The van der Waals surface area contributed by atoms with Gasteiger partial charge >= 0.3 is 5.97 Å². The fraction of sp³-hybridized carbons (Fsp3) is 0.467. The van der Waals surface area contributed by atoms with Gasteiger partial charge in [0.1, 0.15) is 5.82 Å². The summed E-state index contributed by atoms with van der Waals surface area (Å²) in [5.74, 6) is 0.482. The van der Waals surface area contributed by atoms with Crippen molar-refractivity contribution >= 4 is 17.0 Å². The number of fused-ring (bicyclic) bond motifs is 1. The fourth-order valence-electron chi connectivity index (χ4n) is 2.59. The van der Waals surface area contributed by atoms with E-state index < -0.39 is 5.97 Å². The van der Waals surface area contributed by atoms with Crippen molar-refractivity contribution < 1.29 is 9.90 Å². The molecule has 0 aliphatic heterocycles. The Labute approximate surface area is 112 Å². The van der Waals surface area contributed by atoms with E-state index in [4.69, 9.17) is 5.11 Å². The van der Waals surface area contributed by atoms with E-state index in [1.54, 1.807) is 12.1 Å². The molecule has 0 atom stereocenters. The van der Waals surface area contributed by atoms with Crippen molar-refractivity contribution in [3.8, 4) is 0 Å². The molecule has 1 aliphatic rings. The fourth-order valence-corrected chi connectivity index (χ4v) is 2.59. The first-order valence-electron chi connectivity index (χ1n) is 6.68. The van der Waals surface area contributed by atoms with Crippen LogP contribution in [0, 0.1) is 0 Å². The van der Waals surface area contributed by atoms with Gasteiger partial charge in [-0.25, -0.2) is 9.78 Å². The highest BCUT2D eigenvalue weighted by Crippen LogP contribution is 2.46. The van der Waals surface area contributed by atoms with E-state index in [2.05, 4.69) is 30.3 Å². The van der Waals surface area contributed by atoms with E-state index in [0.717, 1.165) is 16.9 Å². The van der Waals surface area contributed by atoms with Crippen molar-refractivity contribution in [1.29, 1.82) is 0 Å². The van der Waals surface area contributed by atoms with E-state index >= 15 is 0 Å². The van der Waals surface area contributed by atoms with Crippen LogP contribution in [-0.2, 0) is 5.54 Å². The molecule has 1 aromatic carbocycles. The summed E-state index contributed by atoms with van der Waals surface area (Å²) < 4.78 is 2.30. The number of aromatic nitrogens is 2. The lowest BCUT2D eigenvalue weighted by atomic mass is 10.1. The predicted octanol–water partition coefficient (Wildman–Crippen LogP) is 3.37. The van der Waals surface area contributed by atoms with Crippen molar-refractivity contribution in [2.24, 2.45) is 0 Å². The molecule has 2 aromatic rings. The number of imidazole rings is 1. The molecule has 1 aromatic heterocycles. The summed E-state index contributed by atoms with van der Waals surface area (Å²) in [6.45, 7) is 6.49. The summed E-state index contributed by atoms with van der Waals surface area (Å²) >= 11 is 0. The second-order valence-electron chi connectivity index (χ2n) is 5.97. The van der Waals surface area contributed by atoms with E-state index in [1.807, 2.05) is 6.07 Å². The van der Waals surface area contributed by atoms with Gasteiger partial charge in [0, 0.05) is 11.5 Å². The van der Waals surface area contributed by atoms with Crippen molar-refractivity contribution in [3.05, 3.63) is 29.6 Å². The summed E-state index contributed by atoms with van der Waals surface area (Å²) in [7, 11) is 0. The number of benzene rings is 1. The first-order chi connectivity index (χ1) is 8.92. The first-order valence-corrected chi connectivity index (χ1v) is 6.68. The molecule has 4 nitrogen and oxygen atoms in total. The van der Waals surface area contributed by atoms with Gasteiger partial charge in [0.15, 0.2) is 0 Å². The number of carboxylic acid groups (broad SMARTS) is 1. The number of aromatic carboxylic acids is 1. The summed E-state index contributed by atoms with van der Waals surface area (Å²) in [6, 6.07) is 5.23. The van der Waals surface area contributed by atoms with Crippen LogP contribution in [0.2, 0.25) is 0 Å². The van der Waals surface area contributed by atoms with Crippen LogP contribution in [-0.4, -0.2) is 20.6 Å². The third-order valence-electron chi connectivity index (χ3n) is 3.96. The Morgan fingerprint density at radius 1 is 1.42 bits per heavy atom. The van der Waals surface area contributed by atoms with Gasteiger partial charge in [-0.05, 0) is 38.0 Å². The van der Waals surface area contributed by atoms with Crippen LogP contribution in [0.4, 0.5) is 0 Å². The normalized spacial score (nSPS) is 17.1. The topological polar surface area (TPSA) is 55.1 Å². The minimum absolute atomic E-state index is 0.166. The second-order valence-corrected chi connectivity index (χ2v) is 5.97. The number of nitrogens with zero attached hydrogens (tertiary/aromatic N) is 2. The summed E-state index contributed by atoms with van der Waals surface area (Å²) in [5, 5.41) is 9.07. The molecule has 0 unspecified atom stereocenters. The third-order valence-corrected chi connectivity index (χ3v) is 3.96. The molecule has 1 saturated carbocycles. The summed E-state index contributed by atoms with van der Waals surface area (Å²) in [5.41, 5.74) is 2.30. The number of rotatable bonds is 3. The molecule has 1 fully saturated rings. The molecule has 1 heterocycles. The lowest BCUT2D eigenvalue weighted by molar-refractivity contribution is 0.0697. The zero-order valence-corrected chi connectivity index (χ0v) is 11.5. The first kappa shape index (κ1) is 12.2. The molecule has 4 heteroatoms. The maximum atomic E-state index is 11.0. The van der Waals surface area contributed by atoms with Crippen molar-refractivity contribution in [3.63, 3.8) is 0 Å². The highest BCUT2D eigenvalue weighted by atomic mass is 16.4. The second kappa shape index (κ2) is 3.83. The molecule has 0 saturated heterocycles. The molecular weight excluding hydrogens is 240 g/mol. The summed E-state index contributed by atoms with van der Waals surface area (Å²) in [4.78, 5) is 15.7. The van der Waals surface area contributed by atoms with Gasteiger partial charge in [0.05, 0.1) is 16.6 Å². The third kappa shape index (κ3) is 1.82. The zero-order valence-electron chi connectivity index (χ0n) is 11.5. The molecule has 3 rings (SSSR count). The van der Waals surface area contributed by atoms with Crippen LogP contribution in [0.1, 0.15) is 55.7 Å².